The van der Waals surface area contributed by atoms with Crippen LogP contribution in [0.25, 0.3) is 0 Å². The third kappa shape index (κ3) is 5.87. The number of alkyl halides is 1. The quantitative estimate of drug-likeness (QED) is 0.372. The second-order valence-corrected chi connectivity index (χ2v) is 9.19. The number of halogens is 1. The molecule has 0 bridgehead atoms. The fourth-order valence-electron chi connectivity index (χ4n) is 4.07. The molecule has 1 aromatic rings. The molecule has 0 aromatic heterocycles. The lowest BCUT2D eigenvalue weighted by molar-refractivity contribution is -0.131. The Balaban J connectivity index is 1.71. The first-order valence-corrected chi connectivity index (χ1v) is 12.0. The van der Waals surface area contributed by atoms with Gasteiger partial charge in [0.1, 0.15) is 11.5 Å². The molecule has 1 amide bonds. The summed E-state index contributed by atoms with van der Waals surface area (Å²) in [5, 5.41) is 9.38. The maximum absolute atomic E-state index is 12.4. The molecule has 1 fully saturated rings. The maximum Gasteiger partial charge on any atom is 0.222 e. The predicted molar refractivity (Wildman–Crippen MR) is 123 cm³/mol. The lowest BCUT2D eigenvalue weighted by Gasteiger charge is -2.30. The van der Waals surface area contributed by atoms with Crippen molar-refractivity contribution in [3.8, 4) is 11.5 Å². The molecule has 1 unspecified atom stereocenters. The number of carbonyl (C=O) groups is 1. The highest BCUT2D eigenvalue weighted by Crippen LogP contribution is 2.46. The number of aliphatic hydroxyl groups is 1. The van der Waals surface area contributed by atoms with Crippen molar-refractivity contribution in [3.05, 3.63) is 35.6 Å². The van der Waals surface area contributed by atoms with Crippen molar-refractivity contribution >= 4 is 28.5 Å². The number of rotatable bonds is 9. The minimum atomic E-state index is -0.0398. The Morgan fingerprint density at radius 3 is 2.83 bits per heavy atom. The highest BCUT2D eigenvalue weighted by molar-refractivity contribution is 14.1. The SMILES string of the molecule is CCCC(=O)N(CCO)CC1=COc2cccc(OCC3CCCCC3)c2C1I. The van der Waals surface area contributed by atoms with E-state index in [1.54, 1.807) is 11.2 Å². The van der Waals surface area contributed by atoms with Gasteiger partial charge in [0.05, 0.1) is 29.0 Å². The summed E-state index contributed by atoms with van der Waals surface area (Å²) in [6.07, 6.45) is 9.50. The highest BCUT2D eigenvalue weighted by atomic mass is 127. The molecular formula is C23H32INO4. The summed E-state index contributed by atoms with van der Waals surface area (Å²) in [6.45, 7) is 3.51. The second kappa shape index (κ2) is 11.2. The van der Waals surface area contributed by atoms with Crippen LogP contribution in [0.5, 0.6) is 11.5 Å². The third-order valence-corrected chi connectivity index (χ3v) is 7.12. The Kier molecular flexibility index (Phi) is 8.66. The Hall–Kier alpha value is -1.28. The van der Waals surface area contributed by atoms with Crippen molar-refractivity contribution < 1.29 is 19.4 Å². The van der Waals surface area contributed by atoms with E-state index in [9.17, 15) is 9.90 Å². The van der Waals surface area contributed by atoms with Crippen LogP contribution in [0.3, 0.4) is 0 Å². The third-order valence-electron chi connectivity index (χ3n) is 5.70. The Bertz CT molecular complexity index is 715. The van der Waals surface area contributed by atoms with Crippen molar-refractivity contribution in [2.45, 2.75) is 55.8 Å². The van der Waals surface area contributed by atoms with Crippen LogP contribution in [-0.4, -0.2) is 42.2 Å². The molecule has 2 aliphatic rings. The van der Waals surface area contributed by atoms with E-state index < -0.39 is 0 Å². The number of carbonyl (C=O) groups excluding carboxylic acids is 1. The summed E-state index contributed by atoms with van der Waals surface area (Å²) < 4.78 is 12.2. The van der Waals surface area contributed by atoms with Crippen molar-refractivity contribution in [1.82, 2.24) is 4.90 Å². The number of nitrogens with zero attached hydrogens (tertiary/aromatic N) is 1. The van der Waals surface area contributed by atoms with E-state index in [4.69, 9.17) is 9.47 Å². The van der Waals surface area contributed by atoms with Crippen LogP contribution in [0.4, 0.5) is 0 Å². The lowest BCUT2D eigenvalue weighted by Crippen LogP contribution is -2.36. The van der Waals surface area contributed by atoms with E-state index in [0.717, 1.165) is 35.7 Å². The number of benzene rings is 1. The number of aliphatic hydroxyl groups excluding tert-OH is 1. The van der Waals surface area contributed by atoms with Gasteiger partial charge in [0.25, 0.3) is 0 Å². The summed E-state index contributed by atoms with van der Waals surface area (Å²) in [5.74, 6) is 2.41. The topological polar surface area (TPSA) is 59.0 Å². The van der Waals surface area contributed by atoms with E-state index in [1.165, 1.54) is 32.1 Å². The van der Waals surface area contributed by atoms with Gasteiger partial charge < -0.3 is 19.5 Å². The first kappa shape index (κ1) is 22.4. The van der Waals surface area contributed by atoms with E-state index in [-0.39, 0.29) is 16.4 Å². The summed E-state index contributed by atoms with van der Waals surface area (Å²) in [5.41, 5.74) is 2.07. The molecule has 29 heavy (non-hydrogen) atoms. The normalized spacial score (nSPS) is 19.1. The summed E-state index contributed by atoms with van der Waals surface area (Å²) in [4.78, 5) is 14.1. The lowest BCUT2D eigenvalue weighted by atomic mass is 9.90. The van der Waals surface area contributed by atoms with Gasteiger partial charge in [-0.05, 0) is 37.3 Å². The molecule has 0 saturated heterocycles. The average Bonchev–Trinajstić information content (AvgIpc) is 2.74. The number of hydrogen-bond acceptors (Lipinski definition) is 4. The molecule has 160 valence electrons. The zero-order chi connectivity index (χ0) is 20.6. The van der Waals surface area contributed by atoms with Gasteiger partial charge in [-0.15, -0.1) is 0 Å². The van der Waals surface area contributed by atoms with Gasteiger partial charge in [0.15, 0.2) is 0 Å². The van der Waals surface area contributed by atoms with Crippen molar-refractivity contribution in [3.63, 3.8) is 0 Å². The van der Waals surface area contributed by atoms with Gasteiger partial charge in [-0.2, -0.15) is 0 Å². The van der Waals surface area contributed by atoms with Crippen molar-refractivity contribution in [2.24, 2.45) is 5.92 Å². The Labute approximate surface area is 187 Å². The molecule has 5 nitrogen and oxygen atoms in total. The van der Waals surface area contributed by atoms with Crippen LogP contribution < -0.4 is 9.47 Å². The number of hydrogen-bond donors (Lipinski definition) is 1. The fraction of sp³-hybridized carbons (Fsp3) is 0.609. The molecule has 0 spiro atoms. The molecule has 1 heterocycles. The van der Waals surface area contributed by atoms with Gasteiger partial charge in [-0.25, -0.2) is 0 Å². The van der Waals surface area contributed by atoms with Crippen LogP contribution in [0, 0.1) is 5.92 Å². The van der Waals surface area contributed by atoms with Crippen LogP contribution in [-0.2, 0) is 4.79 Å². The van der Waals surface area contributed by atoms with E-state index in [1.807, 2.05) is 25.1 Å². The average molecular weight is 513 g/mol. The minimum Gasteiger partial charge on any atom is -0.493 e. The van der Waals surface area contributed by atoms with Gasteiger partial charge in [-0.3, -0.25) is 4.79 Å². The summed E-state index contributed by atoms with van der Waals surface area (Å²) >= 11 is 2.41. The smallest absolute Gasteiger partial charge is 0.222 e. The molecule has 0 radical (unpaired) electrons. The molecule has 1 saturated carbocycles. The van der Waals surface area contributed by atoms with Gasteiger partial charge in [0.2, 0.25) is 5.91 Å². The minimum absolute atomic E-state index is 0.0398. The van der Waals surface area contributed by atoms with Gasteiger partial charge in [-0.1, -0.05) is 54.8 Å². The standard InChI is InChI=1S/C23H32INO4/c1-2-7-21(27)25(12-13-26)14-18-16-29-20-11-6-10-19(22(20)23(18)24)28-15-17-8-4-3-5-9-17/h6,10-11,16-17,23,26H,2-5,7-9,12-15H2,1H3. The largest absolute Gasteiger partial charge is 0.493 e. The number of fused-ring (bicyclic) bond motifs is 1. The molecule has 3 rings (SSSR count). The zero-order valence-corrected chi connectivity index (χ0v) is 19.4. The molecule has 1 N–H and O–H groups in total. The number of amides is 1. The van der Waals surface area contributed by atoms with E-state index >= 15 is 0 Å². The van der Waals surface area contributed by atoms with Crippen LogP contribution in [0.2, 0.25) is 0 Å². The fourth-order valence-corrected chi connectivity index (χ4v) is 5.03. The zero-order valence-electron chi connectivity index (χ0n) is 17.2. The van der Waals surface area contributed by atoms with Crippen molar-refractivity contribution in [1.29, 1.82) is 0 Å². The Morgan fingerprint density at radius 1 is 1.31 bits per heavy atom. The molecule has 6 heteroatoms. The first-order chi connectivity index (χ1) is 14.1. The molecule has 1 aliphatic carbocycles. The second-order valence-electron chi connectivity index (χ2n) is 7.95. The molecule has 1 aromatic carbocycles. The first-order valence-electron chi connectivity index (χ1n) is 10.8. The summed E-state index contributed by atoms with van der Waals surface area (Å²) in [6, 6.07) is 5.96. The number of ether oxygens (including phenoxy) is 2. The maximum atomic E-state index is 12.4. The van der Waals surface area contributed by atoms with Gasteiger partial charge >= 0.3 is 0 Å². The van der Waals surface area contributed by atoms with Crippen LogP contribution in [0.15, 0.2) is 30.0 Å². The Morgan fingerprint density at radius 2 is 2.10 bits per heavy atom. The van der Waals surface area contributed by atoms with Crippen molar-refractivity contribution in [2.75, 3.05) is 26.3 Å². The van der Waals surface area contributed by atoms with Crippen LogP contribution in [0.1, 0.15) is 61.4 Å². The van der Waals surface area contributed by atoms with Gasteiger partial charge in [0, 0.05) is 25.1 Å². The van der Waals surface area contributed by atoms with E-state index in [0.29, 0.717) is 25.4 Å². The molecule has 1 atom stereocenters. The predicted octanol–water partition coefficient (Wildman–Crippen LogP) is 5.02. The highest BCUT2D eigenvalue weighted by Gasteiger charge is 2.29. The molecule has 1 aliphatic heterocycles. The summed E-state index contributed by atoms with van der Waals surface area (Å²) in [7, 11) is 0. The van der Waals surface area contributed by atoms with E-state index in [2.05, 4.69) is 22.6 Å². The van der Waals surface area contributed by atoms with Crippen LogP contribution >= 0.6 is 22.6 Å². The monoisotopic (exact) mass is 513 g/mol. The molecular weight excluding hydrogens is 481 g/mol.